The highest BCUT2D eigenvalue weighted by Gasteiger charge is 2.42. The number of quaternary nitrogens is 1. The van der Waals surface area contributed by atoms with Gasteiger partial charge in [0.25, 0.3) is 5.91 Å². The Morgan fingerprint density at radius 1 is 0.852 bits per heavy atom. The summed E-state index contributed by atoms with van der Waals surface area (Å²) in [7, 11) is 0. The zero-order chi connectivity index (χ0) is 19.7. The highest BCUT2D eigenvalue weighted by Crippen LogP contribution is 2.23. The van der Waals surface area contributed by atoms with Crippen molar-refractivity contribution in [1.29, 1.82) is 0 Å². The van der Waals surface area contributed by atoms with E-state index >= 15 is 0 Å². The van der Waals surface area contributed by atoms with Crippen molar-refractivity contribution in [3.05, 3.63) is 71.3 Å². The van der Waals surface area contributed by atoms with Crippen molar-refractivity contribution >= 4 is 11.7 Å². The molecule has 0 spiro atoms. The minimum atomic E-state index is -0.173. The average Bonchev–Trinajstić information content (AvgIpc) is 2.59. The molecule has 0 radical (unpaired) electrons. The van der Waals surface area contributed by atoms with Crippen LogP contribution in [0.4, 0.5) is 0 Å². The van der Waals surface area contributed by atoms with Crippen LogP contribution in [0.15, 0.2) is 54.6 Å². The number of nitrogens with one attached hydrogen (secondary N) is 1. The van der Waals surface area contributed by atoms with Crippen molar-refractivity contribution in [3.63, 3.8) is 0 Å². The first-order valence-electron chi connectivity index (χ1n) is 9.54. The number of nitrogens with two attached hydrogens (primary N) is 1. The normalized spacial score (nSPS) is 18.7. The maximum atomic E-state index is 13.0. The third-order valence-corrected chi connectivity index (χ3v) is 5.11. The lowest BCUT2D eigenvalue weighted by Crippen LogP contribution is -3.06. The van der Waals surface area contributed by atoms with Gasteiger partial charge in [0.05, 0.1) is 16.6 Å². The van der Waals surface area contributed by atoms with Crippen LogP contribution in [-0.2, 0) is 0 Å². The monoisotopic (exact) mass is 365 g/mol. The summed E-state index contributed by atoms with van der Waals surface area (Å²) in [5, 5.41) is 5.57. The molecule has 1 aliphatic rings. The van der Waals surface area contributed by atoms with Gasteiger partial charge in [-0.1, -0.05) is 48.5 Å². The largest absolute Gasteiger partial charge is 0.349 e. The van der Waals surface area contributed by atoms with Gasteiger partial charge in [-0.15, -0.1) is 0 Å². The minimum absolute atomic E-state index is 0.0685. The Hall–Kier alpha value is -2.46. The number of rotatable bonds is 4. The molecule has 3 rings (SSSR count). The summed E-state index contributed by atoms with van der Waals surface area (Å²) in [5.74, 6) is -0.299. The van der Waals surface area contributed by atoms with Gasteiger partial charge in [0.15, 0.2) is 5.78 Å². The molecule has 1 amide bonds. The van der Waals surface area contributed by atoms with Gasteiger partial charge in [0.2, 0.25) is 0 Å². The minimum Gasteiger partial charge on any atom is -0.349 e. The van der Waals surface area contributed by atoms with Gasteiger partial charge in [-0.05, 0) is 33.8 Å². The average molecular weight is 365 g/mol. The Kier molecular flexibility index (Phi) is 5.20. The predicted molar refractivity (Wildman–Crippen MR) is 107 cm³/mol. The van der Waals surface area contributed by atoms with Gasteiger partial charge >= 0.3 is 0 Å². The molecular formula is C23H29N2O2+. The van der Waals surface area contributed by atoms with E-state index in [9.17, 15) is 9.59 Å². The Labute approximate surface area is 161 Å². The fourth-order valence-corrected chi connectivity index (χ4v) is 4.51. The second kappa shape index (κ2) is 7.28. The molecule has 142 valence electrons. The highest BCUT2D eigenvalue weighted by molar-refractivity contribution is 6.15. The van der Waals surface area contributed by atoms with Crippen LogP contribution >= 0.6 is 0 Å². The smallest absolute Gasteiger partial charge is 0.252 e. The number of carbonyl (C=O) groups is 2. The molecule has 1 aliphatic heterocycles. The van der Waals surface area contributed by atoms with Gasteiger partial charge in [-0.25, -0.2) is 0 Å². The fourth-order valence-electron chi connectivity index (χ4n) is 4.51. The standard InChI is InChI=1S/C23H28N2O2/c1-22(2)14-17(15-23(3,4)25-22)24-21(27)19-13-9-8-12-18(19)20(26)16-10-6-5-7-11-16/h5-13,17,25H,14-15H2,1-4H3,(H,24,27)/p+1. The third kappa shape index (κ3) is 4.64. The van der Waals surface area contributed by atoms with Gasteiger partial charge in [-0.3, -0.25) is 9.59 Å². The number of amides is 1. The Bertz CT molecular complexity index is 824. The van der Waals surface area contributed by atoms with E-state index in [-0.39, 0.29) is 28.8 Å². The van der Waals surface area contributed by atoms with Crippen molar-refractivity contribution in [1.82, 2.24) is 5.32 Å². The van der Waals surface area contributed by atoms with Crippen LogP contribution in [0.3, 0.4) is 0 Å². The zero-order valence-corrected chi connectivity index (χ0v) is 16.6. The molecule has 0 aromatic heterocycles. The van der Waals surface area contributed by atoms with E-state index in [1.54, 1.807) is 36.4 Å². The highest BCUT2D eigenvalue weighted by atomic mass is 16.2. The maximum absolute atomic E-state index is 13.0. The van der Waals surface area contributed by atoms with Crippen LogP contribution in [0, 0.1) is 0 Å². The summed E-state index contributed by atoms with van der Waals surface area (Å²) in [6, 6.07) is 16.2. The lowest BCUT2D eigenvalue weighted by molar-refractivity contribution is -0.787. The molecule has 2 aromatic rings. The van der Waals surface area contributed by atoms with Crippen LogP contribution in [0.25, 0.3) is 0 Å². The van der Waals surface area contributed by atoms with Crippen LogP contribution in [0.2, 0.25) is 0 Å². The molecule has 1 heterocycles. The van der Waals surface area contributed by atoms with Crippen LogP contribution < -0.4 is 10.6 Å². The van der Waals surface area contributed by atoms with Crippen molar-refractivity contribution in [2.24, 2.45) is 0 Å². The second-order valence-electron chi connectivity index (χ2n) is 8.94. The number of hydrogen-bond acceptors (Lipinski definition) is 2. The summed E-state index contributed by atoms with van der Waals surface area (Å²) in [5.41, 5.74) is 1.61. The molecule has 0 aliphatic carbocycles. The lowest BCUT2D eigenvalue weighted by atomic mass is 9.79. The van der Waals surface area contributed by atoms with E-state index in [1.807, 2.05) is 18.2 Å². The number of ketones is 1. The molecule has 4 heteroatoms. The van der Waals surface area contributed by atoms with Crippen molar-refractivity contribution in [2.75, 3.05) is 0 Å². The lowest BCUT2D eigenvalue weighted by Gasteiger charge is -2.43. The molecule has 1 saturated heterocycles. The fraction of sp³-hybridized carbons (Fsp3) is 0.391. The molecule has 2 aromatic carbocycles. The predicted octanol–water partition coefficient (Wildman–Crippen LogP) is 2.93. The molecule has 0 unspecified atom stereocenters. The molecular weight excluding hydrogens is 336 g/mol. The van der Waals surface area contributed by atoms with Crippen molar-refractivity contribution in [2.45, 2.75) is 57.7 Å². The second-order valence-corrected chi connectivity index (χ2v) is 8.94. The quantitative estimate of drug-likeness (QED) is 0.819. The van der Waals surface area contributed by atoms with Crippen molar-refractivity contribution in [3.8, 4) is 0 Å². The van der Waals surface area contributed by atoms with Gasteiger partial charge in [0, 0.05) is 30.0 Å². The van der Waals surface area contributed by atoms with E-state index in [1.165, 1.54) is 0 Å². The number of hydrogen-bond donors (Lipinski definition) is 2. The maximum Gasteiger partial charge on any atom is 0.252 e. The van der Waals surface area contributed by atoms with Crippen LogP contribution in [-0.4, -0.2) is 28.8 Å². The summed E-state index contributed by atoms with van der Waals surface area (Å²) in [6.07, 6.45) is 1.80. The van der Waals surface area contributed by atoms with E-state index in [4.69, 9.17) is 0 Å². The van der Waals surface area contributed by atoms with Crippen LogP contribution in [0.1, 0.15) is 66.8 Å². The summed E-state index contributed by atoms with van der Waals surface area (Å²) in [6.45, 7) is 8.83. The van der Waals surface area contributed by atoms with E-state index in [2.05, 4.69) is 38.3 Å². The summed E-state index contributed by atoms with van der Waals surface area (Å²) in [4.78, 5) is 25.9. The first-order valence-corrected chi connectivity index (χ1v) is 9.54. The van der Waals surface area contributed by atoms with Gasteiger partial charge in [-0.2, -0.15) is 0 Å². The van der Waals surface area contributed by atoms with Gasteiger partial charge < -0.3 is 10.6 Å². The first-order chi connectivity index (χ1) is 12.7. The zero-order valence-electron chi connectivity index (χ0n) is 16.6. The molecule has 0 bridgehead atoms. The van der Waals surface area contributed by atoms with E-state index in [0.29, 0.717) is 16.7 Å². The summed E-state index contributed by atoms with van der Waals surface area (Å²) >= 11 is 0. The van der Waals surface area contributed by atoms with E-state index in [0.717, 1.165) is 12.8 Å². The molecule has 3 N–H and O–H groups in total. The summed E-state index contributed by atoms with van der Waals surface area (Å²) < 4.78 is 0. The van der Waals surface area contributed by atoms with E-state index < -0.39 is 0 Å². The van der Waals surface area contributed by atoms with Crippen molar-refractivity contribution < 1.29 is 14.9 Å². The SMILES string of the molecule is CC1(C)CC(NC(=O)c2ccccc2C(=O)c2ccccc2)CC(C)(C)[NH2+]1. The Balaban J connectivity index is 1.83. The number of carbonyl (C=O) groups excluding carboxylic acids is 2. The molecule has 27 heavy (non-hydrogen) atoms. The molecule has 1 fully saturated rings. The third-order valence-electron chi connectivity index (χ3n) is 5.11. The Morgan fingerprint density at radius 3 is 1.96 bits per heavy atom. The topological polar surface area (TPSA) is 62.8 Å². The van der Waals surface area contributed by atoms with Gasteiger partial charge in [0.1, 0.15) is 0 Å². The molecule has 0 saturated carbocycles. The molecule has 4 nitrogen and oxygen atoms in total. The first kappa shape index (κ1) is 19.3. The number of piperidine rings is 1. The molecule has 0 atom stereocenters. The number of benzene rings is 2. The Morgan fingerprint density at radius 2 is 1.37 bits per heavy atom. The van der Waals surface area contributed by atoms with Crippen LogP contribution in [0.5, 0.6) is 0 Å².